The molecule has 1 N–H and O–H groups in total. The molecule has 0 aliphatic carbocycles. The number of carboxylic acids is 1. The van der Waals surface area contributed by atoms with Crippen LogP contribution in [0.4, 0.5) is 0 Å². The summed E-state index contributed by atoms with van der Waals surface area (Å²) < 4.78 is 29.3. The van der Waals surface area contributed by atoms with Crippen molar-refractivity contribution in [2.45, 2.75) is 11.8 Å². The Bertz CT molecular complexity index is 912. The van der Waals surface area contributed by atoms with Crippen LogP contribution in [0.25, 0.3) is 10.9 Å². The van der Waals surface area contributed by atoms with Gasteiger partial charge in [0.1, 0.15) is 4.90 Å². The van der Waals surface area contributed by atoms with Gasteiger partial charge in [0, 0.05) is 36.7 Å². The molecule has 122 valence electrons. The van der Waals surface area contributed by atoms with E-state index in [1.807, 2.05) is 23.7 Å². The molecule has 6 nitrogen and oxygen atoms in total. The van der Waals surface area contributed by atoms with Crippen molar-refractivity contribution in [1.82, 2.24) is 8.87 Å². The second-order valence-corrected chi connectivity index (χ2v) is 7.56. The predicted molar refractivity (Wildman–Crippen MR) is 86.7 cm³/mol. The lowest BCUT2D eigenvalue weighted by atomic mass is 10.1. The number of hydrogen-bond acceptors (Lipinski definition) is 3. The van der Waals surface area contributed by atoms with Gasteiger partial charge in [0.05, 0.1) is 5.92 Å². The lowest BCUT2D eigenvalue weighted by Gasteiger charge is -2.26. The molecule has 0 spiro atoms. The number of benzene rings is 1. The number of aryl methyl sites for hydroxylation is 1. The third-order valence-corrected chi connectivity index (χ3v) is 6.34. The van der Waals surface area contributed by atoms with E-state index in [9.17, 15) is 13.2 Å². The first kappa shape index (κ1) is 15.8. The van der Waals surface area contributed by atoms with Crippen LogP contribution >= 0.6 is 0 Å². The largest absolute Gasteiger partial charge is 0.481 e. The van der Waals surface area contributed by atoms with Crippen LogP contribution in [-0.4, -0.2) is 41.5 Å². The van der Waals surface area contributed by atoms with Gasteiger partial charge in [-0.15, -0.1) is 0 Å². The number of hydrogen-bond donors (Lipinski definition) is 1. The Morgan fingerprint density at radius 3 is 2.70 bits per heavy atom. The van der Waals surface area contributed by atoms with Crippen molar-refractivity contribution in [2.75, 3.05) is 13.1 Å². The Labute approximate surface area is 134 Å². The summed E-state index contributed by atoms with van der Waals surface area (Å²) >= 11 is 0. The molecule has 1 aliphatic heterocycles. The highest BCUT2D eigenvalue weighted by molar-refractivity contribution is 7.89. The van der Waals surface area contributed by atoms with Crippen LogP contribution < -0.4 is 0 Å². The minimum absolute atomic E-state index is 0.0448. The van der Waals surface area contributed by atoms with Crippen LogP contribution in [0.2, 0.25) is 0 Å². The number of carboxylic acid groups (broad SMARTS) is 1. The van der Waals surface area contributed by atoms with E-state index in [1.54, 1.807) is 31.2 Å². The first-order valence-electron chi connectivity index (χ1n) is 7.27. The van der Waals surface area contributed by atoms with Crippen LogP contribution in [0.15, 0.2) is 41.3 Å². The van der Waals surface area contributed by atoms with E-state index in [0.29, 0.717) is 11.1 Å². The van der Waals surface area contributed by atoms with Gasteiger partial charge < -0.3 is 9.67 Å². The number of sulfonamides is 1. The number of para-hydroxylation sites is 1. The Morgan fingerprint density at radius 1 is 1.30 bits per heavy atom. The lowest BCUT2D eigenvalue weighted by Crippen LogP contribution is -2.40. The highest BCUT2D eigenvalue weighted by Gasteiger charge is 2.34. The number of fused-ring (bicyclic) bond motifs is 1. The van der Waals surface area contributed by atoms with Crippen molar-refractivity contribution in [3.63, 3.8) is 0 Å². The second kappa shape index (κ2) is 5.50. The zero-order valence-electron chi connectivity index (χ0n) is 12.9. The summed E-state index contributed by atoms with van der Waals surface area (Å²) in [4.78, 5) is 11.4. The Kier molecular flexibility index (Phi) is 3.77. The van der Waals surface area contributed by atoms with Crippen molar-refractivity contribution >= 4 is 26.9 Å². The van der Waals surface area contributed by atoms with Crippen LogP contribution in [0.1, 0.15) is 5.69 Å². The fourth-order valence-electron chi connectivity index (χ4n) is 2.99. The minimum atomic E-state index is -3.77. The summed E-state index contributed by atoms with van der Waals surface area (Å²) in [6.07, 6.45) is 3.14. The average Bonchev–Trinajstić information content (AvgIpc) is 2.80. The predicted octanol–water partition coefficient (Wildman–Crippen LogP) is 1.75. The first-order valence-corrected chi connectivity index (χ1v) is 8.71. The number of carbonyl (C=O) groups is 1. The SMILES string of the molecule is Cc1c(S(=O)(=O)N2CC=CC(C(=O)O)C2)c2ccccc2n1C. The average molecular weight is 334 g/mol. The normalized spacial score (nSPS) is 19.3. The maximum Gasteiger partial charge on any atom is 0.311 e. The summed E-state index contributed by atoms with van der Waals surface area (Å²) in [6, 6.07) is 7.32. The first-order chi connectivity index (χ1) is 10.8. The molecule has 23 heavy (non-hydrogen) atoms. The molecular weight excluding hydrogens is 316 g/mol. The Balaban J connectivity index is 2.13. The van der Waals surface area contributed by atoms with Crippen molar-refractivity contribution in [2.24, 2.45) is 13.0 Å². The van der Waals surface area contributed by atoms with Crippen LogP contribution in [0, 0.1) is 12.8 Å². The highest BCUT2D eigenvalue weighted by Crippen LogP contribution is 2.32. The standard InChI is InChI=1S/C16H18N2O4S/c1-11-15(13-7-3-4-8-14(13)17(11)2)23(21,22)18-9-5-6-12(10-18)16(19)20/h3-8,12H,9-10H2,1-2H3,(H,19,20). The number of aliphatic carboxylic acids is 1. The number of rotatable bonds is 3. The molecule has 0 saturated carbocycles. The van der Waals surface area contributed by atoms with Gasteiger partial charge in [-0.2, -0.15) is 4.31 Å². The lowest BCUT2D eigenvalue weighted by molar-refractivity contribution is -0.140. The second-order valence-electron chi connectivity index (χ2n) is 5.69. The number of aromatic nitrogens is 1. The molecule has 1 unspecified atom stereocenters. The Hall–Kier alpha value is -2.12. The van der Waals surface area contributed by atoms with Gasteiger partial charge in [0.15, 0.2) is 0 Å². The quantitative estimate of drug-likeness (QED) is 0.867. The Morgan fingerprint density at radius 2 is 2.00 bits per heavy atom. The van der Waals surface area contributed by atoms with Crippen molar-refractivity contribution in [3.05, 3.63) is 42.1 Å². The van der Waals surface area contributed by atoms with E-state index < -0.39 is 21.9 Å². The molecule has 0 fully saturated rings. The molecule has 0 radical (unpaired) electrons. The van der Waals surface area contributed by atoms with E-state index in [1.165, 1.54) is 4.31 Å². The highest BCUT2D eigenvalue weighted by atomic mass is 32.2. The van der Waals surface area contributed by atoms with Gasteiger partial charge in [0.25, 0.3) is 0 Å². The topological polar surface area (TPSA) is 79.6 Å². The van der Waals surface area contributed by atoms with E-state index in [0.717, 1.165) is 5.52 Å². The molecule has 7 heteroatoms. The summed E-state index contributed by atoms with van der Waals surface area (Å²) in [7, 11) is -1.94. The van der Waals surface area contributed by atoms with E-state index >= 15 is 0 Å². The zero-order valence-corrected chi connectivity index (χ0v) is 13.7. The molecule has 3 rings (SSSR count). The molecule has 1 aromatic heterocycles. The van der Waals surface area contributed by atoms with E-state index in [-0.39, 0.29) is 18.0 Å². The molecule has 1 aliphatic rings. The fraction of sp³-hybridized carbons (Fsp3) is 0.312. The van der Waals surface area contributed by atoms with Crippen LogP contribution in [0.3, 0.4) is 0 Å². The van der Waals surface area contributed by atoms with E-state index in [2.05, 4.69) is 0 Å². The van der Waals surface area contributed by atoms with E-state index in [4.69, 9.17) is 5.11 Å². The summed E-state index contributed by atoms with van der Waals surface area (Å²) in [5, 5.41) is 9.81. The third-order valence-electron chi connectivity index (χ3n) is 4.33. The van der Waals surface area contributed by atoms with Crippen molar-refractivity contribution in [3.8, 4) is 0 Å². The van der Waals surface area contributed by atoms with Gasteiger partial charge in [0.2, 0.25) is 10.0 Å². The zero-order chi connectivity index (χ0) is 16.8. The molecule has 0 bridgehead atoms. The van der Waals surface area contributed by atoms with Crippen molar-refractivity contribution < 1.29 is 18.3 Å². The van der Waals surface area contributed by atoms with Gasteiger partial charge in [-0.25, -0.2) is 8.42 Å². The molecule has 0 amide bonds. The maximum absolute atomic E-state index is 13.1. The molecule has 2 heterocycles. The summed E-state index contributed by atoms with van der Waals surface area (Å²) in [5.41, 5.74) is 1.48. The van der Waals surface area contributed by atoms with Gasteiger partial charge in [-0.1, -0.05) is 30.4 Å². The minimum Gasteiger partial charge on any atom is -0.481 e. The molecular formula is C16H18N2O4S. The van der Waals surface area contributed by atoms with Gasteiger partial charge >= 0.3 is 5.97 Å². The summed E-state index contributed by atoms with van der Waals surface area (Å²) in [6.45, 7) is 1.91. The molecule has 2 aromatic rings. The maximum atomic E-state index is 13.1. The van der Waals surface area contributed by atoms with Crippen molar-refractivity contribution in [1.29, 1.82) is 0 Å². The molecule has 1 atom stereocenters. The van der Waals surface area contributed by atoms with Gasteiger partial charge in [-0.05, 0) is 13.0 Å². The summed E-state index contributed by atoms with van der Waals surface area (Å²) in [5.74, 6) is -1.83. The molecule has 1 aromatic carbocycles. The number of nitrogens with zero attached hydrogens (tertiary/aromatic N) is 2. The fourth-order valence-corrected chi connectivity index (χ4v) is 4.85. The molecule has 0 saturated heterocycles. The van der Waals surface area contributed by atoms with Crippen LogP contribution in [-0.2, 0) is 21.9 Å². The van der Waals surface area contributed by atoms with Gasteiger partial charge in [-0.3, -0.25) is 4.79 Å². The monoisotopic (exact) mass is 334 g/mol. The third kappa shape index (κ3) is 2.46. The smallest absolute Gasteiger partial charge is 0.311 e. The van der Waals surface area contributed by atoms with Crippen LogP contribution in [0.5, 0.6) is 0 Å².